The molecule has 0 aliphatic rings. The van der Waals surface area contributed by atoms with Crippen LogP contribution in [0.1, 0.15) is 24.0 Å². The van der Waals surface area contributed by atoms with Crippen molar-refractivity contribution in [3.05, 3.63) is 47.4 Å². The first-order valence-corrected chi connectivity index (χ1v) is 7.29. The summed E-state index contributed by atoms with van der Waals surface area (Å²) in [6.45, 7) is 6.29. The molecule has 0 saturated carbocycles. The number of ether oxygens (including phenoxy) is 1. The van der Waals surface area contributed by atoms with Gasteiger partial charge in [-0.25, -0.2) is 0 Å². The number of anilines is 1. The molecule has 1 heterocycles. The second-order valence-corrected chi connectivity index (χ2v) is 5.28. The van der Waals surface area contributed by atoms with Gasteiger partial charge < -0.3 is 19.4 Å². The molecule has 1 N–H and O–H groups in total. The maximum absolute atomic E-state index is 5.82. The second kappa shape index (κ2) is 7.18. The van der Waals surface area contributed by atoms with Crippen LogP contribution in [0.15, 0.2) is 34.7 Å². The fraction of sp³-hybridized carbons (Fsp3) is 0.412. The van der Waals surface area contributed by atoms with Crippen LogP contribution in [0.3, 0.4) is 0 Å². The number of hydrogen-bond acceptors (Lipinski definition) is 4. The van der Waals surface area contributed by atoms with Crippen LogP contribution >= 0.6 is 0 Å². The van der Waals surface area contributed by atoms with E-state index in [0.29, 0.717) is 6.61 Å². The van der Waals surface area contributed by atoms with Crippen LogP contribution in [0, 0.1) is 6.92 Å². The zero-order valence-corrected chi connectivity index (χ0v) is 13.3. The Balaban J connectivity index is 1.98. The zero-order chi connectivity index (χ0) is 15.2. The van der Waals surface area contributed by atoms with E-state index < -0.39 is 0 Å². The fourth-order valence-corrected chi connectivity index (χ4v) is 2.08. The molecule has 1 aromatic carbocycles. The van der Waals surface area contributed by atoms with Crippen molar-refractivity contribution >= 4 is 5.69 Å². The number of furan rings is 1. The number of hydrogen-bond donors (Lipinski definition) is 1. The molecule has 2 rings (SSSR count). The summed E-state index contributed by atoms with van der Waals surface area (Å²) in [5.74, 6) is 2.69. The number of benzene rings is 1. The molecule has 114 valence electrons. The molecule has 0 atom stereocenters. The lowest BCUT2D eigenvalue weighted by Crippen LogP contribution is -2.11. The van der Waals surface area contributed by atoms with E-state index in [1.165, 1.54) is 0 Å². The van der Waals surface area contributed by atoms with Crippen LogP contribution in [-0.4, -0.2) is 20.6 Å². The molecule has 4 nitrogen and oxygen atoms in total. The van der Waals surface area contributed by atoms with Gasteiger partial charge >= 0.3 is 0 Å². The molecule has 0 bridgehead atoms. The maximum Gasteiger partial charge on any atom is 0.146 e. The highest BCUT2D eigenvalue weighted by molar-refractivity contribution is 5.49. The molecular formula is C17H24N2O2. The lowest BCUT2D eigenvalue weighted by atomic mass is 10.2. The molecule has 4 heteroatoms. The Labute approximate surface area is 126 Å². The Kier molecular flexibility index (Phi) is 5.28. The van der Waals surface area contributed by atoms with Crippen LogP contribution in [0.2, 0.25) is 0 Å². The van der Waals surface area contributed by atoms with Gasteiger partial charge in [-0.2, -0.15) is 0 Å². The van der Waals surface area contributed by atoms with Crippen molar-refractivity contribution in [3.8, 4) is 5.75 Å². The second-order valence-electron chi connectivity index (χ2n) is 5.28. The summed E-state index contributed by atoms with van der Waals surface area (Å²) in [5.41, 5.74) is 2.28. The Bertz CT molecular complexity index is 576. The van der Waals surface area contributed by atoms with Crippen molar-refractivity contribution in [3.63, 3.8) is 0 Å². The maximum atomic E-state index is 5.82. The summed E-state index contributed by atoms with van der Waals surface area (Å²) in [6.07, 6.45) is 0. The highest BCUT2D eigenvalue weighted by Gasteiger charge is 2.08. The highest BCUT2D eigenvalue weighted by atomic mass is 16.5. The van der Waals surface area contributed by atoms with E-state index in [-0.39, 0.29) is 0 Å². The van der Waals surface area contributed by atoms with Crippen molar-refractivity contribution in [1.82, 2.24) is 5.32 Å². The van der Waals surface area contributed by atoms with Crippen molar-refractivity contribution in [2.75, 3.05) is 25.5 Å². The summed E-state index contributed by atoms with van der Waals surface area (Å²) in [7, 11) is 4.03. The van der Waals surface area contributed by atoms with Gasteiger partial charge in [0.05, 0.1) is 6.54 Å². The molecule has 0 fully saturated rings. The Morgan fingerprint density at radius 2 is 2.05 bits per heavy atom. The first kappa shape index (κ1) is 15.4. The highest BCUT2D eigenvalue weighted by Crippen LogP contribution is 2.21. The SMILES string of the molecule is CCNCc1oc(COc2cccc(N(C)C)c2)cc1C. The van der Waals surface area contributed by atoms with E-state index in [1.54, 1.807) is 0 Å². The molecule has 21 heavy (non-hydrogen) atoms. The summed E-state index contributed by atoms with van der Waals surface area (Å²) in [5, 5.41) is 3.27. The quantitative estimate of drug-likeness (QED) is 0.848. The molecular weight excluding hydrogens is 264 g/mol. The van der Waals surface area contributed by atoms with Crippen LogP contribution in [0.5, 0.6) is 5.75 Å². The van der Waals surface area contributed by atoms with Crippen molar-refractivity contribution < 1.29 is 9.15 Å². The summed E-state index contributed by atoms with van der Waals surface area (Å²) < 4.78 is 11.6. The third-order valence-corrected chi connectivity index (χ3v) is 3.32. The normalized spacial score (nSPS) is 10.7. The smallest absolute Gasteiger partial charge is 0.146 e. The van der Waals surface area contributed by atoms with Crippen molar-refractivity contribution in [1.29, 1.82) is 0 Å². The van der Waals surface area contributed by atoms with Gasteiger partial charge in [-0.1, -0.05) is 13.0 Å². The van der Waals surface area contributed by atoms with Crippen LogP contribution in [0.25, 0.3) is 0 Å². The largest absolute Gasteiger partial charge is 0.486 e. The number of rotatable bonds is 7. The zero-order valence-electron chi connectivity index (χ0n) is 13.3. The summed E-state index contributed by atoms with van der Waals surface area (Å²) >= 11 is 0. The topological polar surface area (TPSA) is 37.6 Å². The Hall–Kier alpha value is -1.94. The van der Waals surface area contributed by atoms with Gasteiger partial charge in [0.25, 0.3) is 0 Å². The van der Waals surface area contributed by atoms with Gasteiger partial charge in [0.2, 0.25) is 0 Å². The van der Waals surface area contributed by atoms with E-state index in [0.717, 1.165) is 41.6 Å². The lowest BCUT2D eigenvalue weighted by Gasteiger charge is -2.13. The molecule has 0 aliphatic heterocycles. The van der Waals surface area contributed by atoms with E-state index in [9.17, 15) is 0 Å². The van der Waals surface area contributed by atoms with Gasteiger partial charge in [0.1, 0.15) is 23.9 Å². The molecule has 0 saturated heterocycles. The molecule has 2 aromatic rings. The van der Waals surface area contributed by atoms with Gasteiger partial charge in [-0.15, -0.1) is 0 Å². The van der Waals surface area contributed by atoms with Gasteiger partial charge in [0, 0.05) is 25.8 Å². The van der Waals surface area contributed by atoms with Crippen LogP contribution in [0.4, 0.5) is 5.69 Å². The number of aryl methyl sites for hydroxylation is 1. The van der Waals surface area contributed by atoms with E-state index in [4.69, 9.17) is 9.15 Å². The van der Waals surface area contributed by atoms with Gasteiger partial charge in [-0.05, 0) is 37.2 Å². The lowest BCUT2D eigenvalue weighted by molar-refractivity contribution is 0.265. The van der Waals surface area contributed by atoms with Gasteiger partial charge in [0.15, 0.2) is 0 Å². The minimum atomic E-state index is 0.448. The predicted octanol–water partition coefficient (Wildman–Crippen LogP) is 3.34. The fourth-order valence-electron chi connectivity index (χ4n) is 2.08. The van der Waals surface area contributed by atoms with Crippen molar-refractivity contribution in [2.45, 2.75) is 27.0 Å². The average molecular weight is 288 g/mol. The molecule has 0 amide bonds. The molecule has 0 aliphatic carbocycles. The summed E-state index contributed by atoms with van der Waals surface area (Å²) in [6, 6.07) is 10.1. The number of nitrogens with one attached hydrogen (secondary N) is 1. The van der Waals surface area contributed by atoms with E-state index in [1.807, 2.05) is 38.4 Å². The van der Waals surface area contributed by atoms with Crippen LogP contribution < -0.4 is 15.0 Å². The third kappa shape index (κ3) is 4.26. The Morgan fingerprint density at radius 3 is 2.76 bits per heavy atom. The molecule has 0 spiro atoms. The van der Waals surface area contributed by atoms with Gasteiger partial charge in [-0.3, -0.25) is 0 Å². The minimum absolute atomic E-state index is 0.448. The third-order valence-electron chi connectivity index (χ3n) is 3.32. The molecule has 0 unspecified atom stereocenters. The van der Waals surface area contributed by atoms with Crippen molar-refractivity contribution in [2.24, 2.45) is 0 Å². The predicted molar refractivity (Wildman–Crippen MR) is 85.9 cm³/mol. The first-order chi connectivity index (χ1) is 10.1. The molecule has 0 radical (unpaired) electrons. The average Bonchev–Trinajstić information content (AvgIpc) is 2.83. The van der Waals surface area contributed by atoms with Crippen LogP contribution in [-0.2, 0) is 13.2 Å². The standard InChI is InChI=1S/C17H24N2O2/c1-5-18-11-17-13(2)9-16(21-17)12-20-15-8-6-7-14(10-15)19(3)4/h6-10,18H,5,11-12H2,1-4H3. The number of nitrogens with zero attached hydrogens (tertiary/aromatic N) is 1. The Morgan fingerprint density at radius 1 is 1.24 bits per heavy atom. The monoisotopic (exact) mass is 288 g/mol. The first-order valence-electron chi connectivity index (χ1n) is 7.29. The minimum Gasteiger partial charge on any atom is -0.486 e. The molecule has 1 aromatic heterocycles. The van der Waals surface area contributed by atoms with E-state index >= 15 is 0 Å². The summed E-state index contributed by atoms with van der Waals surface area (Å²) in [4.78, 5) is 2.05. The van der Waals surface area contributed by atoms with E-state index in [2.05, 4.69) is 30.1 Å².